The van der Waals surface area contributed by atoms with E-state index in [1.54, 1.807) is 0 Å². The smallest absolute Gasteiger partial charge is 0.244 e. The van der Waals surface area contributed by atoms with E-state index in [1.165, 1.54) is 5.56 Å². The fourth-order valence-corrected chi connectivity index (χ4v) is 3.15. The molecule has 5 nitrogen and oxygen atoms in total. The standard InChI is InChI=1S/C16H20N4O/c1-11(16(21)20-7-2-3-8-20)18-15-13(10-17)9-12-5-4-6-14(12)19-15/h9,11H,2-8H2,1H3,(H,18,19). The number of fused-ring (bicyclic) bond motifs is 1. The van der Waals surface area contributed by atoms with Gasteiger partial charge < -0.3 is 10.2 Å². The summed E-state index contributed by atoms with van der Waals surface area (Å²) in [5.41, 5.74) is 2.78. The summed E-state index contributed by atoms with van der Waals surface area (Å²) in [6.45, 7) is 3.53. The minimum atomic E-state index is -0.345. The molecule has 0 radical (unpaired) electrons. The number of nitrogens with one attached hydrogen (secondary N) is 1. The summed E-state index contributed by atoms with van der Waals surface area (Å²) in [4.78, 5) is 18.8. The number of pyridine rings is 1. The summed E-state index contributed by atoms with van der Waals surface area (Å²) < 4.78 is 0. The van der Waals surface area contributed by atoms with Crippen LogP contribution in [-0.2, 0) is 17.6 Å². The van der Waals surface area contributed by atoms with Crippen LogP contribution in [0.15, 0.2) is 6.07 Å². The molecule has 0 aromatic carbocycles. The number of anilines is 1. The maximum atomic E-state index is 12.3. The van der Waals surface area contributed by atoms with Crippen LogP contribution < -0.4 is 5.32 Å². The highest BCUT2D eigenvalue weighted by atomic mass is 16.2. The lowest BCUT2D eigenvalue weighted by atomic mass is 10.1. The molecule has 110 valence electrons. The molecule has 1 aromatic heterocycles. The number of hydrogen-bond donors (Lipinski definition) is 1. The Morgan fingerprint density at radius 2 is 2.14 bits per heavy atom. The lowest BCUT2D eigenvalue weighted by Gasteiger charge is -2.22. The molecule has 1 amide bonds. The molecule has 2 aliphatic rings. The Morgan fingerprint density at radius 3 is 2.86 bits per heavy atom. The molecule has 0 saturated carbocycles. The number of nitriles is 1. The Kier molecular flexibility index (Phi) is 3.78. The number of likely N-dealkylation sites (tertiary alicyclic amines) is 1. The predicted molar refractivity (Wildman–Crippen MR) is 79.9 cm³/mol. The van der Waals surface area contributed by atoms with Crippen LogP contribution in [0.25, 0.3) is 0 Å². The second-order valence-electron chi connectivity index (χ2n) is 5.85. The fraction of sp³-hybridized carbons (Fsp3) is 0.562. The van der Waals surface area contributed by atoms with Gasteiger partial charge in [0, 0.05) is 18.8 Å². The third-order valence-electron chi connectivity index (χ3n) is 4.31. The normalized spacial score (nSPS) is 18.2. The van der Waals surface area contributed by atoms with Crippen LogP contribution in [-0.4, -0.2) is 34.9 Å². The molecule has 3 rings (SSSR count). The van der Waals surface area contributed by atoms with Crippen LogP contribution in [0, 0.1) is 11.3 Å². The van der Waals surface area contributed by atoms with Gasteiger partial charge in [-0.2, -0.15) is 5.26 Å². The lowest BCUT2D eigenvalue weighted by Crippen LogP contribution is -2.40. The Balaban J connectivity index is 1.78. The number of aryl methyl sites for hydroxylation is 2. The molecule has 1 aliphatic heterocycles. The molecule has 1 unspecified atom stereocenters. The van der Waals surface area contributed by atoms with E-state index in [-0.39, 0.29) is 11.9 Å². The van der Waals surface area contributed by atoms with Crippen molar-refractivity contribution in [3.05, 3.63) is 22.9 Å². The summed E-state index contributed by atoms with van der Waals surface area (Å²) >= 11 is 0. The first-order valence-corrected chi connectivity index (χ1v) is 7.67. The van der Waals surface area contributed by atoms with Gasteiger partial charge in [0.15, 0.2) is 0 Å². The van der Waals surface area contributed by atoms with Crippen molar-refractivity contribution in [1.82, 2.24) is 9.88 Å². The monoisotopic (exact) mass is 284 g/mol. The highest BCUT2D eigenvalue weighted by Gasteiger charge is 2.25. The minimum absolute atomic E-state index is 0.0960. The predicted octanol–water partition coefficient (Wildman–Crippen LogP) is 1.86. The quantitative estimate of drug-likeness (QED) is 0.920. The van der Waals surface area contributed by atoms with Gasteiger partial charge in [0.1, 0.15) is 17.9 Å². The van der Waals surface area contributed by atoms with Crippen molar-refractivity contribution < 1.29 is 4.79 Å². The Labute approximate surface area is 125 Å². The van der Waals surface area contributed by atoms with E-state index in [0.717, 1.165) is 50.9 Å². The number of rotatable bonds is 3. The number of hydrogen-bond acceptors (Lipinski definition) is 4. The highest BCUT2D eigenvalue weighted by Crippen LogP contribution is 2.25. The largest absolute Gasteiger partial charge is 0.358 e. The SMILES string of the molecule is CC(Nc1nc2c(cc1C#N)CCC2)C(=O)N1CCCC1. The third kappa shape index (κ3) is 2.71. The van der Waals surface area contributed by atoms with Gasteiger partial charge in [-0.3, -0.25) is 4.79 Å². The molecule has 0 spiro atoms. The van der Waals surface area contributed by atoms with Gasteiger partial charge in [-0.05, 0) is 50.7 Å². The Morgan fingerprint density at radius 1 is 1.38 bits per heavy atom. The zero-order chi connectivity index (χ0) is 14.8. The molecule has 5 heteroatoms. The van der Waals surface area contributed by atoms with E-state index in [0.29, 0.717) is 11.4 Å². The van der Waals surface area contributed by atoms with Crippen molar-refractivity contribution in [2.24, 2.45) is 0 Å². The van der Waals surface area contributed by atoms with Gasteiger partial charge in [-0.1, -0.05) is 0 Å². The average Bonchev–Trinajstić information content (AvgIpc) is 3.16. The van der Waals surface area contributed by atoms with Crippen molar-refractivity contribution in [2.45, 2.75) is 45.1 Å². The second kappa shape index (κ2) is 5.72. The third-order valence-corrected chi connectivity index (χ3v) is 4.31. The molecule has 0 bridgehead atoms. The number of carbonyl (C=O) groups excluding carboxylic acids is 1. The summed E-state index contributed by atoms with van der Waals surface area (Å²) in [6, 6.07) is 3.77. The maximum absolute atomic E-state index is 12.3. The molecule has 1 N–H and O–H groups in total. The molecular formula is C16H20N4O. The molecule has 21 heavy (non-hydrogen) atoms. The van der Waals surface area contributed by atoms with Gasteiger partial charge in [0.05, 0.1) is 5.56 Å². The number of nitrogens with zero attached hydrogens (tertiary/aromatic N) is 3. The Hall–Kier alpha value is -2.09. The topological polar surface area (TPSA) is 69.0 Å². The van der Waals surface area contributed by atoms with E-state index >= 15 is 0 Å². The van der Waals surface area contributed by atoms with Gasteiger partial charge in [0.25, 0.3) is 0 Å². The molecule has 1 aromatic rings. The van der Waals surface area contributed by atoms with Crippen LogP contribution in [0.2, 0.25) is 0 Å². The van der Waals surface area contributed by atoms with Crippen molar-refractivity contribution in [2.75, 3.05) is 18.4 Å². The zero-order valence-electron chi connectivity index (χ0n) is 12.4. The van der Waals surface area contributed by atoms with E-state index in [2.05, 4.69) is 16.4 Å². The van der Waals surface area contributed by atoms with Crippen LogP contribution in [0.4, 0.5) is 5.82 Å². The van der Waals surface area contributed by atoms with Crippen molar-refractivity contribution in [1.29, 1.82) is 5.26 Å². The Bertz CT molecular complexity index is 599. The molecule has 2 heterocycles. The van der Waals surface area contributed by atoms with Crippen molar-refractivity contribution in [3.63, 3.8) is 0 Å². The first-order chi connectivity index (χ1) is 10.2. The van der Waals surface area contributed by atoms with Crippen molar-refractivity contribution in [3.8, 4) is 6.07 Å². The summed E-state index contributed by atoms with van der Waals surface area (Å²) in [5, 5.41) is 12.4. The first kappa shape index (κ1) is 13.9. The first-order valence-electron chi connectivity index (χ1n) is 7.67. The van der Waals surface area contributed by atoms with E-state index in [4.69, 9.17) is 0 Å². The molecular weight excluding hydrogens is 264 g/mol. The highest BCUT2D eigenvalue weighted by molar-refractivity contribution is 5.84. The summed E-state index contributed by atoms with van der Waals surface area (Å²) in [7, 11) is 0. The molecule has 1 saturated heterocycles. The molecule has 1 atom stereocenters. The number of aromatic nitrogens is 1. The number of carbonyl (C=O) groups is 1. The molecule has 1 aliphatic carbocycles. The van der Waals surface area contributed by atoms with E-state index in [9.17, 15) is 10.1 Å². The zero-order valence-corrected chi connectivity index (χ0v) is 12.4. The second-order valence-corrected chi connectivity index (χ2v) is 5.85. The van der Waals surface area contributed by atoms with Crippen LogP contribution >= 0.6 is 0 Å². The van der Waals surface area contributed by atoms with Crippen LogP contribution in [0.3, 0.4) is 0 Å². The molecule has 1 fully saturated rings. The van der Waals surface area contributed by atoms with Gasteiger partial charge >= 0.3 is 0 Å². The minimum Gasteiger partial charge on any atom is -0.358 e. The van der Waals surface area contributed by atoms with Crippen LogP contribution in [0.5, 0.6) is 0 Å². The van der Waals surface area contributed by atoms with E-state index in [1.807, 2.05) is 17.9 Å². The fourth-order valence-electron chi connectivity index (χ4n) is 3.15. The van der Waals surface area contributed by atoms with Gasteiger partial charge in [-0.15, -0.1) is 0 Å². The van der Waals surface area contributed by atoms with E-state index < -0.39 is 0 Å². The summed E-state index contributed by atoms with van der Waals surface area (Å²) in [5.74, 6) is 0.650. The van der Waals surface area contributed by atoms with Crippen LogP contribution in [0.1, 0.15) is 43.0 Å². The summed E-state index contributed by atoms with van der Waals surface area (Å²) in [6.07, 6.45) is 5.22. The number of amides is 1. The van der Waals surface area contributed by atoms with Gasteiger partial charge in [-0.25, -0.2) is 4.98 Å². The average molecular weight is 284 g/mol. The maximum Gasteiger partial charge on any atom is 0.244 e. The lowest BCUT2D eigenvalue weighted by molar-refractivity contribution is -0.130. The van der Waals surface area contributed by atoms with Crippen molar-refractivity contribution >= 4 is 11.7 Å². The van der Waals surface area contributed by atoms with Gasteiger partial charge in [0.2, 0.25) is 5.91 Å².